The molecule has 0 heterocycles. The predicted molar refractivity (Wildman–Crippen MR) is 102 cm³/mol. The first-order valence-electron chi connectivity index (χ1n) is 9.05. The second-order valence-corrected chi connectivity index (χ2v) is 7.59. The Morgan fingerprint density at radius 1 is 1.12 bits per heavy atom. The summed E-state index contributed by atoms with van der Waals surface area (Å²) in [5.41, 5.74) is 3.94. The fourth-order valence-electron chi connectivity index (χ4n) is 4.25. The monoisotopic (exact) mass is 370 g/mol. The van der Waals surface area contributed by atoms with Crippen molar-refractivity contribution in [3.05, 3.63) is 64.1 Å². The maximum absolute atomic E-state index is 13.5. The standard InChI is InChI=1S/C22H20ClFO2/c1-2-12-3-4-13(14-7-8-19(24)18(23)11-14)10-17(12)20-21(25)15-5-6-16(9-15)22(20)26/h3-4,7-8,10-11,15-16,25H,2,5-6,9H2,1H3. The van der Waals surface area contributed by atoms with Gasteiger partial charge in [-0.25, -0.2) is 4.39 Å². The average Bonchev–Trinajstić information content (AvgIpc) is 3.10. The van der Waals surface area contributed by atoms with Gasteiger partial charge >= 0.3 is 0 Å². The van der Waals surface area contributed by atoms with Gasteiger partial charge in [0.25, 0.3) is 0 Å². The summed E-state index contributed by atoms with van der Waals surface area (Å²) in [4.78, 5) is 12.9. The smallest absolute Gasteiger partial charge is 0.169 e. The molecule has 2 atom stereocenters. The van der Waals surface area contributed by atoms with Crippen LogP contribution >= 0.6 is 11.6 Å². The first-order valence-corrected chi connectivity index (χ1v) is 9.43. The van der Waals surface area contributed by atoms with Gasteiger partial charge < -0.3 is 5.11 Å². The minimum absolute atomic E-state index is 0.0273. The number of hydrogen-bond acceptors (Lipinski definition) is 2. The minimum Gasteiger partial charge on any atom is -0.511 e. The lowest BCUT2D eigenvalue weighted by atomic mass is 9.81. The highest BCUT2D eigenvalue weighted by Gasteiger charge is 2.41. The van der Waals surface area contributed by atoms with Crippen LogP contribution in [0.15, 0.2) is 42.2 Å². The summed E-state index contributed by atoms with van der Waals surface area (Å²) in [6.45, 7) is 2.03. The molecular formula is C22H20ClFO2. The number of fused-ring (bicyclic) bond motifs is 2. The number of aryl methyl sites for hydroxylation is 1. The molecule has 0 aromatic heterocycles. The number of benzene rings is 2. The topological polar surface area (TPSA) is 37.3 Å². The lowest BCUT2D eigenvalue weighted by molar-refractivity contribution is -0.117. The molecule has 4 heteroatoms. The van der Waals surface area contributed by atoms with Crippen LogP contribution in [0, 0.1) is 17.7 Å². The third kappa shape index (κ3) is 2.75. The van der Waals surface area contributed by atoms with Crippen LogP contribution in [0.3, 0.4) is 0 Å². The van der Waals surface area contributed by atoms with Crippen LogP contribution < -0.4 is 0 Å². The Labute approximate surface area is 157 Å². The lowest BCUT2D eigenvalue weighted by Gasteiger charge is -2.23. The molecule has 134 valence electrons. The van der Waals surface area contributed by atoms with Crippen molar-refractivity contribution >= 4 is 23.0 Å². The summed E-state index contributed by atoms with van der Waals surface area (Å²) in [6.07, 6.45) is 3.26. The molecule has 0 aliphatic heterocycles. The van der Waals surface area contributed by atoms with E-state index in [0.29, 0.717) is 5.57 Å². The maximum Gasteiger partial charge on any atom is 0.169 e. The van der Waals surface area contributed by atoms with E-state index in [2.05, 4.69) is 0 Å². The molecule has 2 aliphatic rings. The third-order valence-corrected chi connectivity index (χ3v) is 6.00. The normalized spacial score (nSPS) is 22.2. The zero-order valence-corrected chi connectivity index (χ0v) is 15.3. The molecule has 2 unspecified atom stereocenters. The van der Waals surface area contributed by atoms with Crippen molar-refractivity contribution in [2.45, 2.75) is 32.6 Å². The summed E-state index contributed by atoms with van der Waals surface area (Å²) < 4.78 is 13.5. The largest absolute Gasteiger partial charge is 0.511 e. The zero-order valence-electron chi connectivity index (χ0n) is 14.6. The molecule has 2 aromatic carbocycles. The molecule has 4 rings (SSSR count). The van der Waals surface area contributed by atoms with Gasteiger partial charge in [-0.2, -0.15) is 0 Å². The SMILES string of the molecule is CCc1ccc(-c2ccc(F)c(Cl)c2)cc1C1=C(O)C2CCC(C2)C1=O. The van der Waals surface area contributed by atoms with Crippen molar-refractivity contribution in [3.63, 3.8) is 0 Å². The quantitative estimate of drug-likeness (QED) is 0.721. The van der Waals surface area contributed by atoms with Crippen LogP contribution in [0.4, 0.5) is 4.39 Å². The fourth-order valence-corrected chi connectivity index (χ4v) is 4.43. The Bertz CT molecular complexity index is 932. The predicted octanol–water partition coefficient (Wildman–Crippen LogP) is 5.98. The number of hydrogen-bond donors (Lipinski definition) is 1. The Morgan fingerprint density at radius 3 is 2.54 bits per heavy atom. The van der Waals surface area contributed by atoms with E-state index in [-0.39, 0.29) is 28.4 Å². The van der Waals surface area contributed by atoms with Gasteiger partial charge in [0, 0.05) is 11.8 Å². The average molecular weight is 371 g/mol. The van der Waals surface area contributed by atoms with Gasteiger partial charge in [-0.15, -0.1) is 0 Å². The van der Waals surface area contributed by atoms with Crippen LogP contribution in [0.5, 0.6) is 0 Å². The van der Waals surface area contributed by atoms with Gasteiger partial charge in [-0.3, -0.25) is 4.79 Å². The summed E-state index contributed by atoms with van der Waals surface area (Å²) in [6, 6.07) is 10.5. The molecule has 0 saturated heterocycles. The summed E-state index contributed by atoms with van der Waals surface area (Å²) in [5, 5.41) is 10.8. The Balaban J connectivity index is 1.87. The number of Topliss-reactive ketones (excluding diaryl/α,β-unsaturated/α-hetero) is 1. The molecule has 0 radical (unpaired) electrons. The van der Waals surface area contributed by atoms with Gasteiger partial charge in [0.2, 0.25) is 0 Å². The first-order chi connectivity index (χ1) is 12.5. The first kappa shape index (κ1) is 17.3. The summed E-state index contributed by atoms with van der Waals surface area (Å²) in [7, 11) is 0. The van der Waals surface area contributed by atoms with Crippen LogP contribution in [0.2, 0.25) is 5.02 Å². The van der Waals surface area contributed by atoms with Crippen LogP contribution in [-0.2, 0) is 11.2 Å². The minimum atomic E-state index is -0.458. The van der Waals surface area contributed by atoms with Crippen molar-refractivity contribution in [2.75, 3.05) is 0 Å². The molecule has 0 spiro atoms. The maximum atomic E-state index is 13.5. The van der Waals surface area contributed by atoms with Crippen molar-refractivity contribution in [1.82, 2.24) is 0 Å². The Morgan fingerprint density at radius 2 is 1.81 bits per heavy atom. The van der Waals surface area contributed by atoms with E-state index in [0.717, 1.165) is 47.9 Å². The number of aliphatic hydroxyl groups is 1. The van der Waals surface area contributed by atoms with Gasteiger partial charge in [0.05, 0.1) is 10.6 Å². The van der Waals surface area contributed by atoms with Crippen molar-refractivity contribution in [1.29, 1.82) is 0 Å². The molecular weight excluding hydrogens is 351 g/mol. The van der Waals surface area contributed by atoms with Crippen molar-refractivity contribution in [3.8, 4) is 11.1 Å². The molecule has 1 fully saturated rings. The van der Waals surface area contributed by atoms with Gasteiger partial charge in [-0.1, -0.05) is 36.7 Å². The number of allylic oxidation sites excluding steroid dienone is 2. The number of carbonyl (C=O) groups is 1. The van der Waals surface area contributed by atoms with Crippen LogP contribution in [-0.4, -0.2) is 10.9 Å². The number of carbonyl (C=O) groups excluding carboxylic acids is 1. The highest BCUT2D eigenvalue weighted by atomic mass is 35.5. The highest BCUT2D eigenvalue weighted by molar-refractivity contribution is 6.31. The van der Waals surface area contributed by atoms with Crippen molar-refractivity contribution < 1.29 is 14.3 Å². The molecule has 0 amide bonds. The van der Waals surface area contributed by atoms with Gasteiger partial charge in [-0.05, 0) is 66.1 Å². The zero-order chi connectivity index (χ0) is 18.4. The van der Waals surface area contributed by atoms with E-state index in [1.807, 2.05) is 25.1 Å². The molecule has 2 bridgehead atoms. The Kier molecular flexibility index (Phi) is 4.36. The lowest BCUT2D eigenvalue weighted by Crippen LogP contribution is -2.22. The van der Waals surface area contributed by atoms with E-state index in [4.69, 9.17) is 11.6 Å². The molecule has 1 N–H and O–H groups in total. The molecule has 1 saturated carbocycles. The summed E-state index contributed by atoms with van der Waals surface area (Å²) in [5.74, 6) is -0.0333. The van der Waals surface area contributed by atoms with Crippen LogP contribution in [0.1, 0.15) is 37.3 Å². The van der Waals surface area contributed by atoms with E-state index in [9.17, 15) is 14.3 Å². The Hall–Kier alpha value is -2.13. The number of ketones is 1. The van der Waals surface area contributed by atoms with E-state index in [1.165, 1.54) is 6.07 Å². The molecule has 2 aromatic rings. The second-order valence-electron chi connectivity index (χ2n) is 7.19. The van der Waals surface area contributed by atoms with Crippen LogP contribution in [0.25, 0.3) is 16.7 Å². The number of aliphatic hydroxyl groups excluding tert-OH is 1. The van der Waals surface area contributed by atoms with E-state index >= 15 is 0 Å². The molecule has 2 aliphatic carbocycles. The van der Waals surface area contributed by atoms with Crippen molar-refractivity contribution in [2.24, 2.45) is 11.8 Å². The highest BCUT2D eigenvalue weighted by Crippen LogP contribution is 2.46. The third-order valence-electron chi connectivity index (χ3n) is 5.71. The molecule has 26 heavy (non-hydrogen) atoms. The fraction of sp³-hybridized carbons (Fsp3) is 0.318. The summed E-state index contributed by atoms with van der Waals surface area (Å²) >= 11 is 5.93. The van der Waals surface area contributed by atoms with E-state index < -0.39 is 5.82 Å². The van der Waals surface area contributed by atoms with Gasteiger partial charge in [0.1, 0.15) is 11.6 Å². The van der Waals surface area contributed by atoms with Gasteiger partial charge in [0.15, 0.2) is 5.78 Å². The second kappa shape index (κ2) is 6.55. The molecule has 2 nitrogen and oxygen atoms in total. The number of halogens is 2. The number of rotatable bonds is 3. The van der Waals surface area contributed by atoms with E-state index in [1.54, 1.807) is 12.1 Å².